The molecule has 1 aromatic carbocycles. The highest BCUT2D eigenvalue weighted by Gasteiger charge is 2.24. The number of hydrogen-bond donors (Lipinski definition) is 2. The Bertz CT molecular complexity index is 1040. The van der Waals surface area contributed by atoms with Crippen molar-refractivity contribution in [1.82, 2.24) is 20.2 Å². The van der Waals surface area contributed by atoms with Gasteiger partial charge in [-0.25, -0.2) is 4.98 Å². The number of anilines is 3. The van der Waals surface area contributed by atoms with Gasteiger partial charge in [-0.3, -0.25) is 5.10 Å². The van der Waals surface area contributed by atoms with Crippen LogP contribution in [0.3, 0.4) is 0 Å². The molecule has 2 N–H and O–H groups in total. The number of ether oxygens (including phenoxy) is 4. The van der Waals surface area contributed by atoms with Gasteiger partial charge in [-0.1, -0.05) is 0 Å². The van der Waals surface area contributed by atoms with Gasteiger partial charge in [-0.05, 0) is 32.0 Å². The van der Waals surface area contributed by atoms with E-state index in [1.54, 1.807) is 27.5 Å². The van der Waals surface area contributed by atoms with E-state index in [0.717, 1.165) is 24.3 Å². The molecule has 0 bridgehead atoms. The van der Waals surface area contributed by atoms with Crippen molar-refractivity contribution < 1.29 is 18.9 Å². The van der Waals surface area contributed by atoms with Gasteiger partial charge in [0.05, 0.1) is 39.2 Å². The Hall–Kier alpha value is -3.53. The Balaban J connectivity index is 1.54. The first-order chi connectivity index (χ1) is 15.5. The minimum absolute atomic E-state index is 0.131. The van der Waals surface area contributed by atoms with E-state index >= 15 is 0 Å². The van der Waals surface area contributed by atoms with E-state index in [-0.39, 0.29) is 12.2 Å². The SMILES string of the molecule is COc1cc(-c2cc(Nc3ccnc(N4C[C@@H](C)O[C@@H](C)C4)n3)n[nH]2)cc(OC)c1OC. The van der Waals surface area contributed by atoms with Crippen LogP contribution in [0.15, 0.2) is 30.5 Å². The predicted octanol–water partition coefficient (Wildman–Crippen LogP) is 3.25. The van der Waals surface area contributed by atoms with Gasteiger partial charge in [0.1, 0.15) is 5.82 Å². The molecule has 2 atom stereocenters. The van der Waals surface area contributed by atoms with Crippen molar-refractivity contribution in [3.63, 3.8) is 0 Å². The van der Waals surface area contributed by atoms with Crippen LogP contribution in [0.5, 0.6) is 17.2 Å². The minimum atomic E-state index is 0.131. The summed E-state index contributed by atoms with van der Waals surface area (Å²) in [4.78, 5) is 11.2. The summed E-state index contributed by atoms with van der Waals surface area (Å²) < 4.78 is 22.1. The van der Waals surface area contributed by atoms with Gasteiger partial charge in [0, 0.05) is 30.9 Å². The number of aromatic amines is 1. The molecule has 3 heterocycles. The molecule has 0 amide bonds. The number of H-pyrrole nitrogens is 1. The molecule has 1 saturated heterocycles. The second-order valence-electron chi connectivity index (χ2n) is 7.61. The number of nitrogens with zero attached hydrogens (tertiary/aromatic N) is 4. The van der Waals surface area contributed by atoms with Crippen molar-refractivity contribution in [2.24, 2.45) is 0 Å². The van der Waals surface area contributed by atoms with Crippen molar-refractivity contribution in [3.05, 3.63) is 30.5 Å². The summed E-state index contributed by atoms with van der Waals surface area (Å²) in [5.74, 6) is 3.63. The molecule has 32 heavy (non-hydrogen) atoms. The lowest BCUT2D eigenvalue weighted by atomic mass is 10.1. The molecule has 0 saturated carbocycles. The highest BCUT2D eigenvalue weighted by atomic mass is 16.5. The van der Waals surface area contributed by atoms with Gasteiger partial charge >= 0.3 is 0 Å². The maximum atomic E-state index is 5.80. The molecule has 1 aliphatic heterocycles. The van der Waals surface area contributed by atoms with Crippen molar-refractivity contribution in [2.45, 2.75) is 26.1 Å². The molecule has 170 valence electrons. The van der Waals surface area contributed by atoms with E-state index in [2.05, 4.69) is 44.2 Å². The predicted molar refractivity (Wildman–Crippen MR) is 121 cm³/mol. The summed E-state index contributed by atoms with van der Waals surface area (Å²) in [5, 5.41) is 10.6. The van der Waals surface area contributed by atoms with Crippen LogP contribution >= 0.6 is 0 Å². The minimum Gasteiger partial charge on any atom is -0.493 e. The third-order valence-corrected chi connectivity index (χ3v) is 5.16. The first-order valence-electron chi connectivity index (χ1n) is 10.4. The van der Waals surface area contributed by atoms with Crippen LogP contribution < -0.4 is 24.4 Å². The molecule has 1 aliphatic rings. The van der Waals surface area contributed by atoms with Crippen LogP contribution in [0, 0.1) is 0 Å². The van der Waals surface area contributed by atoms with Crippen LogP contribution in [0.25, 0.3) is 11.3 Å². The van der Waals surface area contributed by atoms with Gasteiger partial charge in [0.15, 0.2) is 17.3 Å². The first kappa shape index (κ1) is 21.7. The fraction of sp³-hybridized carbons (Fsp3) is 0.409. The summed E-state index contributed by atoms with van der Waals surface area (Å²) in [7, 11) is 4.75. The van der Waals surface area contributed by atoms with Crippen LogP contribution in [-0.2, 0) is 4.74 Å². The Labute approximate surface area is 186 Å². The molecule has 0 spiro atoms. The van der Waals surface area contributed by atoms with E-state index in [1.807, 2.05) is 24.3 Å². The Morgan fingerprint density at radius 3 is 2.31 bits per heavy atom. The third kappa shape index (κ3) is 4.54. The molecule has 4 rings (SSSR count). The van der Waals surface area contributed by atoms with Crippen LogP contribution in [0.4, 0.5) is 17.6 Å². The lowest BCUT2D eigenvalue weighted by Gasteiger charge is -2.35. The molecule has 2 aromatic heterocycles. The second-order valence-corrected chi connectivity index (χ2v) is 7.61. The zero-order valence-corrected chi connectivity index (χ0v) is 18.9. The topological polar surface area (TPSA) is 107 Å². The zero-order chi connectivity index (χ0) is 22.7. The zero-order valence-electron chi connectivity index (χ0n) is 18.9. The summed E-state index contributed by atoms with van der Waals surface area (Å²) in [6.07, 6.45) is 2.00. The number of morpholine rings is 1. The summed E-state index contributed by atoms with van der Waals surface area (Å²) >= 11 is 0. The largest absolute Gasteiger partial charge is 0.493 e. The van der Waals surface area contributed by atoms with Crippen molar-refractivity contribution in [2.75, 3.05) is 44.6 Å². The lowest BCUT2D eigenvalue weighted by molar-refractivity contribution is -0.00571. The molecule has 10 nitrogen and oxygen atoms in total. The Morgan fingerprint density at radius 2 is 1.69 bits per heavy atom. The Morgan fingerprint density at radius 1 is 1.00 bits per heavy atom. The van der Waals surface area contributed by atoms with Crippen molar-refractivity contribution in [3.8, 4) is 28.5 Å². The fourth-order valence-electron chi connectivity index (χ4n) is 3.81. The molecular weight excluding hydrogens is 412 g/mol. The van der Waals surface area contributed by atoms with Gasteiger partial charge in [0.25, 0.3) is 0 Å². The number of rotatable bonds is 7. The van der Waals surface area contributed by atoms with Crippen molar-refractivity contribution >= 4 is 17.6 Å². The highest BCUT2D eigenvalue weighted by molar-refractivity contribution is 5.71. The smallest absolute Gasteiger partial charge is 0.227 e. The average Bonchev–Trinajstić information content (AvgIpc) is 3.26. The van der Waals surface area contributed by atoms with Gasteiger partial charge < -0.3 is 29.2 Å². The molecule has 0 unspecified atom stereocenters. The van der Waals surface area contributed by atoms with Crippen LogP contribution in [0.1, 0.15) is 13.8 Å². The number of benzene rings is 1. The first-order valence-corrected chi connectivity index (χ1v) is 10.4. The molecule has 10 heteroatoms. The van der Waals surface area contributed by atoms with E-state index in [4.69, 9.17) is 18.9 Å². The van der Waals surface area contributed by atoms with Gasteiger partial charge in [-0.15, -0.1) is 0 Å². The summed E-state index contributed by atoms with van der Waals surface area (Å²) in [5.41, 5.74) is 1.64. The van der Waals surface area contributed by atoms with E-state index < -0.39 is 0 Å². The number of hydrogen-bond acceptors (Lipinski definition) is 9. The number of methoxy groups -OCH3 is 3. The van der Waals surface area contributed by atoms with E-state index in [9.17, 15) is 0 Å². The summed E-state index contributed by atoms with van der Waals surface area (Å²) in [6, 6.07) is 7.43. The molecule has 0 aliphatic carbocycles. The molecule has 3 aromatic rings. The maximum Gasteiger partial charge on any atom is 0.227 e. The molecule has 0 radical (unpaired) electrons. The van der Waals surface area contributed by atoms with Crippen LogP contribution in [-0.4, -0.2) is 66.8 Å². The fourth-order valence-corrected chi connectivity index (χ4v) is 3.81. The second kappa shape index (κ2) is 9.31. The molecule has 1 fully saturated rings. The summed E-state index contributed by atoms with van der Waals surface area (Å²) in [6.45, 7) is 5.61. The lowest BCUT2D eigenvalue weighted by Crippen LogP contribution is -2.46. The number of aromatic nitrogens is 4. The van der Waals surface area contributed by atoms with Gasteiger partial charge in [0.2, 0.25) is 11.7 Å². The standard InChI is InChI=1S/C22H28N6O4/c1-13-11-28(12-14(2)32-13)22-23-7-6-19(25-22)24-20-10-16(26-27-20)15-8-17(29-3)21(31-5)18(9-15)30-4/h6-10,13-14H,11-12H2,1-5H3,(H2,23,24,25,26,27)/t13-,14+. The monoisotopic (exact) mass is 440 g/mol. The average molecular weight is 441 g/mol. The Kier molecular flexibility index (Phi) is 6.31. The quantitative estimate of drug-likeness (QED) is 0.572. The van der Waals surface area contributed by atoms with Crippen molar-refractivity contribution in [1.29, 1.82) is 0 Å². The van der Waals surface area contributed by atoms with E-state index in [1.165, 1.54) is 0 Å². The third-order valence-electron chi connectivity index (χ3n) is 5.16. The molecular formula is C22H28N6O4. The normalized spacial score (nSPS) is 18.3. The number of nitrogens with one attached hydrogen (secondary N) is 2. The van der Waals surface area contributed by atoms with Crippen LogP contribution in [0.2, 0.25) is 0 Å². The van der Waals surface area contributed by atoms with Gasteiger partial charge in [-0.2, -0.15) is 10.1 Å². The maximum absolute atomic E-state index is 5.80. The highest BCUT2D eigenvalue weighted by Crippen LogP contribution is 2.41. The van der Waals surface area contributed by atoms with E-state index in [0.29, 0.717) is 34.8 Å².